The second kappa shape index (κ2) is 9.04. The molecule has 2 aromatic heterocycles. The first-order chi connectivity index (χ1) is 16.1. The predicted molar refractivity (Wildman–Crippen MR) is 124 cm³/mol. The van der Waals surface area contributed by atoms with E-state index in [0.29, 0.717) is 28.2 Å². The summed E-state index contributed by atoms with van der Waals surface area (Å²) in [5.74, 6) is 0.0183. The number of benzene rings is 1. The number of para-hydroxylation sites is 1. The SMILES string of the molecule is N#Cc1ccccc1-n1[nH]c(-c2ccc(C(=O)N3CCC[C@H]3CN3CCCC3)cn2)cc1=O. The number of nitrogens with one attached hydrogen (secondary N) is 1. The molecule has 8 heteroatoms. The van der Waals surface area contributed by atoms with Crippen LogP contribution in [0.1, 0.15) is 41.6 Å². The van der Waals surface area contributed by atoms with E-state index in [0.717, 1.165) is 39.0 Å². The van der Waals surface area contributed by atoms with Gasteiger partial charge in [0.2, 0.25) is 0 Å². The van der Waals surface area contributed by atoms with Crippen molar-refractivity contribution in [1.82, 2.24) is 24.6 Å². The van der Waals surface area contributed by atoms with Crippen LogP contribution in [0, 0.1) is 11.3 Å². The van der Waals surface area contributed by atoms with Crippen LogP contribution in [0.2, 0.25) is 0 Å². The first kappa shape index (κ1) is 21.2. The summed E-state index contributed by atoms with van der Waals surface area (Å²) in [4.78, 5) is 34.6. The van der Waals surface area contributed by atoms with Crippen molar-refractivity contribution in [3.63, 3.8) is 0 Å². The van der Waals surface area contributed by atoms with Gasteiger partial charge in [-0.1, -0.05) is 12.1 Å². The predicted octanol–water partition coefficient (Wildman–Crippen LogP) is 2.80. The Bertz CT molecular complexity index is 1250. The van der Waals surface area contributed by atoms with Crippen LogP contribution in [0.15, 0.2) is 53.5 Å². The summed E-state index contributed by atoms with van der Waals surface area (Å²) in [6.07, 6.45) is 6.17. The third kappa shape index (κ3) is 4.20. The van der Waals surface area contributed by atoms with E-state index in [4.69, 9.17) is 0 Å². The number of aromatic nitrogens is 3. The van der Waals surface area contributed by atoms with Gasteiger partial charge >= 0.3 is 0 Å². The van der Waals surface area contributed by atoms with Crippen LogP contribution >= 0.6 is 0 Å². The standard InChI is InChI=1S/C25H26N6O2/c26-15-18-6-1-2-8-23(18)31-24(32)14-22(28-31)21-10-9-19(16-27-21)25(33)30-13-5-7-20(30)17-29-11-3-4-12-29/h1-2,6,8-10,14,16,20,28H,3-5,7,11-13,17H2/t20-/m0/s1. The number of nitriles is 1. The van der Waals surface area contributed by atoms with E-state index in [-0.39, 0.29) is 17.5 Å². The first-order valence-electron chi connectivity index (χ1n) is 11.5. The molecule has 0 aliphatic carbocycles. The van der Waals surface area contributed by atoms with Crippen LogP contribution in [0.25, 0.3) is 17.1 Å². The highest BCUT2D eigenvalue weighted by Crippen LogP contribution is 2.23. The van der Waals surface area contributed by atoms with Crippen LogP contribution in [-0.2, 0) is 0 Å². The second-order valence-electron chi connectivity index (χ2n) is 8.71. The van der Waals surface area contributed by atoms with Gasteiger partial charge in [0.05, 0.1) is 28.2 Å². The summed E-state index contributed by atoms with van der Waals surface area (Å²) in [5.41, 5.74) is 2.25. The maximum Gasteiger partial charge on any atom is 0.271 e. The van der Waals surface area contributed by atoms with E-state index in [1.165, 1.54) is 23.6 Å². The lowest BCUT2D eigenvalue weighted by Gasteiger charge is -2.28. The maximum atomic E-state index is 13.2. The highest BCUT2D eigenvalue weighted by atomic mass is 16.2. The van der Waals surface area contributed by atoms with Crippen molar-refractivity contribution in [2.45, 2.75) is 31.7 Å². The van der Waals surface area contributed by atoms with Crippen molar-refractivity contribution in [2.75, 3.05) is 26.2 Å². The zero-order chi connectivity index (χ0) is 22.8. The van der Waals surface area contributed by atoms with Gasteiger partial charge in [-0.2, -0.15) is 5.26 Å². The van der Waals surface area contributed by atoms with Gasteiger partial charge in [-0.3, -0.25) is 19.7 Å². The summed E-state index contributed by atoms with van der Waals surface area (Å²) < 4.78 is 1.34. The molecule has 4 heterocycles. The molecule has 1 N–H and O–H groups in total. The molecule has 1 atom stereocenters. The minimum Gasteiger partial charge on any atom is -0.334 e. The quantitative estimate of drug-likeness (QED) is 0.655. The lowest BCUT2D eigenvalue weighted by atomic mass is 10.1. The molecule has 5 rings (SSSR count). The Morgan fingerprint density at radius 3 is 2.70 bits per heavy atom. The molecule has 8 nitrogen and oxygen atoms in total. The van der Waals surface area contributed by atoms with Gasteiger partial charge in [-0.05, 0) is 63.0 Å². The Hall–Kier alpha value is -3.70. The van der Waals surface area contributed by atoms with Gasteiger partial charge in [0, 0.05) is 31.4 Å². The van der Waals surface area contributed by atoms with Crippen LogP contribution < -0.4 is 5.56 Å². The number of H-pyrrole nitrogens is 1. The zero-order valence-electron chi connectivity index (χ0n) is 18.4. The molecule has 2 aliphatic rings. The molecule has 0 bridgehead atoms. The van der Waals surface area contributed by atoms with Crippen molar-refractivity contribution < 1.29 is 4.79 Å². The van der Waals surface area contributed by atoms with Gasteiger partial charge in [0.1, 0.15) is 6.07 Å². The van der Waals surface area contributed by atoms with E-state index >= 15 is 0 Å². The highest BCUT2D eigenvalue weighted by molar-refractivity contribution is 5.94. The van der Waals surface area contributed by atoms with E-state index in [1.807, 2.05) is 4.90 Å². The molecule has 0 radical (unpaired) electrons. The number of carbonyl (C=O) groups excluding carboxylic acids is 1. The molecule has 2 saturated heterocycles. The van der Waals surface area contributed by atoms with Crippen molar-refractivity contribution in [3.05, 3.63) is 70.1 Å². The third-order valence-corrected chi connectivity index (χ3v) is 6.58. The molecule has 2 aliphatic heterocycles. The summed E-state index contributed by atoms with van der Waals surface area (Å²) in [7, 11) is 0. The topological polar surface area (TPSA) is 98.0 Å². The van der Waals surface area contributed by atoms with Crippen molar-refractivity contribution in [3.8, 4) is 23.1 Å². The molecule has 3 aromatic rings. The number of carbonyl (C=O) groups is 1. The van der Waals surface area contributed by atoms with Crippen molar-refractivity contribution >= 4 is 5.91 Å². The Morgan fingerprint density at radius 1 is 1.12 bits per heavy atom. The Balaban J connectivity index is 1.34. The second-order valence-corrected chi connectivity index (χ2v) is 8.71. The number of hydrogen-bond donors (Lipinski definition) is 1. The minimum atomic E-state index is -0.281. The normalized spacial score (nSPS) is 18.5. The number of likely N-dealkylation sites (tertiary alicyclic amines) is 2. The number of nitrogens with zero attached hydrogens (tertiary/aromatic N) is 5. The Labute approximate surface area is 192 Å². The maximum absolute atomic E-state index is 13.2. The molecule has 0 saturated carbocycles. The summed E-state index contributed by atoms with van der Waals surface area (Å²) >= 11 is 0. The fraction of sp³-hybridized carbons (Fsp3) is 0.360. The van der Waals surface area contributed by atoms with Crippen LogP contribution in [-0.4, -0.2) is 62.7 Å². The van der Waals surface area contributed by atoms with Crippen LogP contribution in [0.5, 0.6) is 0 Å². The number of pyridine rings is 1. The minimum absolute atomic E-state index is 0.0183. The molecule has 33 heavy (non-hydrogen) atoms. The molecule has 1 amide bonds. The largest absolute Gasteiger partial charge is 0.334 e. The zero-order valence-corrected chi connectivity index (χ0v) is 18.4. The van der Waals surface area contributed by atoms with Gasteiger partial charge in [-0.15, -0.1) is 0 Å². The lowest BCUT2D eigenvalue weighted by molar-refractivity contribution is 0.0708. The molecular formula is C25H26N6O2. The van der Waals surface area contributed by atoms with Gasteiger partial charge in [0.25, 0.3) is 11.5 Å². The summed E-state index contributed by atoms with van der Waals surface area (Å²) in [5, 5.41) is 12.4. The van der Waals surface area contributed by atoms with Gasteiger partial charge in [-0.25, -0.2) is 4.68 Å². The number of hydrogen-bond acceptors (Lipinski definition) is 5. The summed E-state index contributed by atoms with van der Waals surface area (Å²) in [6.45, 7) is 4.00. The van der Waals surface area contributed by atoms with Crippen molar-refractivity contribution in [2.24, 2.45) is 0 Å². The summed E-state index contributed by atoms with van der Waals surface area (Å²) in [6, 6.07) is 14.2. The molecule has 168 valence electrons. The average molecular weight is 443 g/mol. The third-order valence-electron chi connectivity index (χ3n) is 6.58. The average Bonchev–Trinajstić information content (AvgIpc) is 3.61. The molecule has 1 aromatic carbocycles. The fourth-order valence-electron chi connectivity index (χ4n) is 4.87. The number of amides is 1. The molecule has 2 fully saturated rings. The lowest BCUT2D eigenvalue weighted by Crippen LogP contribution is -2.42. The molecule has 0 unspecified atom stereocenters. The van der Waals surface area contributed by atoms with E-state index in [1.54, 1.807) is 42.6 Å². The van der Waals surface area contributed by atoms with E-state index in [2.05, 4.69) is 21.1 Å². The number of aromatic amines is 1. The number of rotatable bonds is 5. The first-order valence-corrected chi connectivity index (χ1v) is 11.5. The van der Waals surface area contributed by atoms with Crippen molar-refractivity contribution in [1.29, 1.82) is 5.26 Å². The highest BCUT2D eigenvalue weighted by Gasteiger charge is 2.31. The van der Waals surface area contributed by atoms with Crippen LogP contribution in [0.4, 0.5) is 0 Å². The molecule has 0 spiro atoms. The van der Waals surface area contributed by atoms with Crippen LogP contribution in [0.3, 0.4) is 0 Å². The Morgan fingerprint density at radius 2 is 1.94 bits per heavy atom. The van der Waals surface area contributed by atoms with Gasteiger partial charge < -0.3 is 9.80 Å². The monoisotopic (exact) mass is 442 g/mol. The molecular weight excluding hydrogens is 416 g/mol. The smallest absolute Gasteiger partial charge is 0.271 e. The van der Waals surface area contributed by atoms with E-state index < -0.39 is 0 Å². The fourth-order valence-corrected chi connectivity index (χ4v) is 4.87. The Kier molecular flexibility index (Phi) is 5.80. The van der Waals surface area contributed by atoms with E-state index in [9.17, 15) is 14.9 Å². The van der Waals surface area contributed by atoms with Gasteiger partial charge in [0.15, 0.2) is 0 Å².